The van der Waals surface area contributed by atoms with E-state index in [9.17, 15) is 0 Å². The predicted octanol–water partition coefficient (Wildman–Crippen LogP) is 2.72. The molecule has 4 nitrogen and oxygen atoms in total. The molecule has 1 fully saturated rings. The third-order valence-electron chi connectivity index (χ3n) is 3.95. The van der Waals surface area contributed by atoms with Crippen molar-refractivity contribution in [2.75, 3.05) is 18.5 Å². The molecule has 1 aromatic carbocycles. The first-order valence-corrected chi connectivity index (χ1v) is 6.91. The number of aryl methyl sites for hydroxylation is 1. The van der Waals surface area contributed by atoms with Crippen molar-refractivity contribution in [3.63, 3.8) is 0 Å². The maximum Gasteiger partial charge on any atom is 0.172 e. The first kappa shape index (κ1) is 13.7. The minimum atomic E-state index is 0.178. The Morgan fingerprint density at radius 1 is 1.42 bits per heavy atom. The standard InChI is InChI=1S/C15H23N3O/c1-11-7-8-14(13(9-11)15(16)17-19)18(2)10-12-5-3-4-6-12/h7-9,12,19H,3-6,10H2,1-2H3,(H2,16,17). The average Bonchev–Trinajstić information content (AvgIpc) is 2.90. The van der Waals surface area contributed by atoms with Crippen molar-refractivity contribution in [1.82, 2.24) is 0 Å². The molecular weight excluding hydrogens is 238 g/mol. The van der Waals surface area contributed by atoms with Crippen LogP contribution in [0.2, 0.25) is 0 Å². The third kappa shape index (κ3) is 3.19. The summed E-state index contributed by atoms with van der Waals surface area (Å²) in [5.74, 6) is 0.948. The Kier molecular flexibility index (Phi) is 4.30. The summed E-state index contributed by atoms with van der Waals surface area (Å²) in [5.41, 5.74) is 8.74. The van der Waals surface area contributed by atoms with E-state index in [-0.39, 0.29) is 5.84 Å². The molecule has 0 radical (unpaired) electrons. The highest BCUT2D eigenvalue weighted by Gasteiger charge is 2.19. The summed E-state index contributed by atoms with van der Waals surface area (Å²) < 4.78 is 0. The number of oxime groups is 1. The van der Waals surface area contributed by atoms with Crippen molar-refractivity contribution in [2.45, 2.75) is 32.6 Å². The highest BCUT2D eigenvalue weighted by atomic mass is 16.4. The van der Waals surface area contributed by atoms with Gasteiger partial charge in [-0.25, -0.2) is 0 Å². The fourth-order valence-electron chi connectivity index (χ4n) is 2.92. The van der Waals surface area contributed by atoms with Gasteiger partial charge in [0.25, 0.3) is 0 Å². The molecule has 0 heterocycles. The summed E-state index contributed by atoms with van der Waals surface area (Å²) in [6, 6.07) is 6.09. The van der Waals surface area contributed by atoms with Crippen molar-refractivity contribution < 1.29 is 5.21 Å². The summed E-state index contributed by atoms with van der Waals surface area (Å²) in [5, 5.41) is 12.1. The first-order chi connectivity index (χ1) is 9.11. The van der Waals surface area contributed by atoms with Crippen LogP contribution in [-0.2, 0) is 0 Å². The molecule has 0 aromatic heterocycles. The number of benzene rings is 1. The third-order valence-corrected chi connectivity index (χ3v) is 3.95. The van der Waals surface area contributed by atoms with Crippen molar-refractivity contribution in [1.29, 1.82) is 0 Å². The van der Waals surface area contributed by atoms with Gasteiger partial charge in [0.05, 0.1) is 0 Å². The Labute approximate surface area is 114 Å². The van der Waals surface area contributed by atoms with E-state index in [0.29, 0.717) is 0 Å². The van der Waals surface area contributed by atoms with Gasteiger partial charge in [0, 0.05) is 24.8 Å². The first-order valence-electron chi connectivity index (χ1n) is 6.91. The molecule has 0 bridgehead atoms. The summed E-state index contributed by atoms with van der Waals surface area (Å²) in [6.45, 7) is 3.05. The summed E-state index contributed by atoms with van der Waals surface area (Å²) in [6.07, 6.45) is 5.32. The SMILES string of the molecule is Cc1ccc(N(C)CC2CCCC2)c(/C(N)=N/O)c1. The molecule has 0 saturated heterocycles. The Hall–Kier alpha value is -1.71. The van der Waals surface area contributed by atoms with Crippen LogP contribution in [0.4, 0.5) is 5.69 Å². The van der Waals surface area contributed by atoms with Crippen LogP contribution < -0.4 is 10.6 Å². The maximum atomic E-state index is 8.91. The smallest absolute Gasteiger partial charge is 0.172 e. The van der Waals surface area contributed by atoms with E-state index in [1.165, 1.54) is 25.7 Å². The zero-order chi connectivity index (χ0) is 13.8. The quantitative estimate of drug-likeness (QED) is 0.379. The molecule has 4 heteroatoms. The number of anilines is 1. The Balaban J connectivity index is 2.22. The van der Waals surface area contributed by atoms with Crippen LogP contribution in [0.5, 0.6) is 0 Å². The lowest BCUT2D eigenvalue weighted by molar-refractivity contribution is 0.318. The number of amidine groups is 1. The molecule has 2 rings (SSSR count). The van der Waals surface area contributed by atoms with Gasteiger partial charge in [-0.05, 0) is 37.8 Å². The van der Waals surface area contributed by atoms with Gasteiger partial charge >= 0.3 is 0 Å². The molecule has 0 unspecified atom stereocenters. The van der Waals surface area contributed by atoms with Crippen LogP contribution in [0.1, 0.15) is 36.8 Å². The zero-order valence-corrected chi connectivity index (χ0v) is 11.8. The van der Waals surface area contributed by atoms with Gasteiger partial charge in [-0.3, -0.25) is 0 Å². The van der Waals surface area contributed by atoms with Gasteiger partial charge in [0.2, 0.25) is 0 Å². The van der Waals surface area contributed by atoms with Crippen LogP contribution in [0, 0.1) is 12.8 Å². The van der Waals surface area contributed by atoms with E-state index in [1.54, 1.807) is 0 Å². The molecule has 19 heavy (non-hydrogen) atoms. The number of nitrogens with zero attached hydrogens (tertiary/aromatic N) is 2. The van der Waals surface area contributed by atoms with Crippen LogP contribution in [0.25, 0.3) is 0 Å². The molecule has 0 spiro atoms. The van der Waals surface area contributed by atoms with E-state index in [1.807, 2.05) is 13.0 Å². The van der Waals surface area contributed by atoms with Crippen LogP contribution in [0.15, 0.2) is 23.4 Å². The minimum Gasteiger partial charge on any atom is -0.409 e. The summed E-state index contributed by atoms with van der Waals surface area (Å²) in [4.78, 5) is 2.22. The van der Waals surface area contributed by atoms with E-state index in [0.717, 1.165) is 29.3 Å². The molecule has 1 aliphatic rings. The second-order valence-corrected chi connectivity index (χ2v) is 5.54. The number of hydrogen-bond acceptors (Lipinski definition) is 3. The zero-order valence-electron chi connectivity index (χ0n) is 11.8. The molecule has 0 atom stereocenters. The fraction of sp³-hybridized carbons (Fsp3) is 0.533. The van der Waals surface area contributed by atoms with Crippen molar-refractivity contribution in [3.8, 4) is 0 Å². The Morgan fingerprint density at radius 3 is 2.74 bits per heavy atom. The molecule has 1 aliphatic carbocycles. The largest absolute Gasteiger partial charge is 0.409 e. The molecule has 104 valence electrons. The predicted molar refractivity (Wildman–Crippen MR) is 78.9 cm³/mol. The van der Waals surface area contributed by atoms with Crippen molar-refractivity contribution in [3.05, 3.63) is 29.3 Å². The number of rotatable bonds is 4. The molecule has 0 amide bonds. The highest BCUT2D eigenvalue weighted by molar-refractivity contribution is 6.02. The molecule has 1 aromatic rings. The van der Waals surface area contributed by atoms with Crippen molar-refractivity contribution in [2.24, 2.45) is 16.8 Å². The van der Waals surface area contributed by atoms with E-state index >= 15 is 0 Å². The Morgan fingerprint density at radius 2 is 2.11 bits per heavy atom. The molecular formula is C15H23N3O. The molecule has 1 saturated carbocycles. The van der Waals surface area contributed by atoms with Gasteiger partial charge in [0.15, 0.2) is 5.84 Å². The monoisotopic (exact) mass is 261 g/mol. The lowest BCUT2D eigenvalue weighted by Crippen LogP contribution is -2.27. The van der Waals surface area contributed by atoms with E-state index in [4.69, 9.17) is 10.9 Å². The van der Waals surface area contributed by atoms with Gasteiger partial charge in [0.1, 0.15) is 0 Å². The summed E-state index contributed by atoms with van der Waals surface area (Å²) >= 11 is 0. The van der Waals surface area contributed by atoms with E-state index in [2.05, 4.69) is 29.2 Å². The summed E-state index contributed by atoms with van der Waals surface area (Å²) in [7, 11) is 2.08. The molecule has 3 N–H and O–H groups in total. The van der Waals surface area contributed by atoms with Crippen molar-refractivity contribution >= 4 is 11.5 Å². The highest BCUT2D eigenvalue weighted by Crippen LogP contribution is 2.28. The number of nitrogens with two attached hydrogens (primary N) is 1. The van der Waals surface area contributed by atoms with Gasteiger partial charge < -0.3 is 15.8 Å². The maximum absolute atomic E-state index is 8.91. The average molecular weight is 261 g/mol. The van der Waals surface area contributed by atoms with Gasteiger partial charge in [-0.2, -0.15) is 0 Å². The lowest BCUT2D eigenvalue weighted by atomic mass is 10.0. The minimum absolute atomic E-state index is 0.178. The van der Waals surface area contributed by atoms with Gasteiger partial charge in [-0.15, -0.1) is 0 Å². The lowest BCUT2D eigenvalue weighted by Gasteiger charge is -2.25. The Bertz CT molecular complexity index is 464. The van der Waals surface area contributed by atoms with Crippen LogP contribution >= 0.6 is 0 Å². The topological polar surface area (TPSA) is 61.8 Å². The van der Waals surface area contributed by atoms with E-state index < -0.39 is 0 Å². The second-order valence-electron chi connectivity index (χ2n) is 5.54. The van der Waals surface area contributed by atoms with Crippen LogP contribution in [-0.4, -0.2) is 24.6 Å². The fourth-order valence-corrected chi connectivity index (χ4v) is 2.92. The van der Waals surface area contributed by atoms with Crippen LogP contribution in [0.3, 0.4) is 0 Å². The van der Waals surface area contributed by atoms with Gasteiger partial charge in [-0.1, -0.05) is 29.6 Å². The second kappa shape index (κ2) is 5.95. The normalized spacial score (nSPS) is 16.8. The number of hydrogen-bond donors (Lipinski definition) is 2. The molecule has 0 aliphatic heterocycles.